The van der Waals surface area contributed by atoms with E-state index in [4.69, 9.17) is 0 Å². The molecule has 0 unspecified atom stereocenters. The van der Waals surface area contributed by atoms with Gasteiger partial charge in [0.2, 0.25) is 6.33 Å². The Hall–Kier alpha value is -1.77. The highest BCUT2D eigenvalue weighted by Gasteiger charge is 2.11. The Labute approximate surface area is 95.5 Å². The number of imidazole rings is 1. The zero-order valence-corrected chi connectivity index (χ0v) is 9.68. The van der Waals surface area contributed by atoms with Crippen molar-refractivity contribution in [1.82, 2.24) is 4.57 Å². The van der Waals surface area contributed by atoms with E-state index in [2.05, 4.69) is 12.1 Å². The van der Waals surface area contributed by atoms with Crippen LogP contribution in [0.4, 0.5) is 0 Å². The molecule has 16 heavy (non-hydrogen) atoms. The average molecular weight is 216 g/mol. The number of benzene rings is 1. The third-order valence-corrected chi connectivity index (χ3v) is 3.01. The molecule has 0 aliphatic rings. The van der Waals surface area contributed by atoms with Gasteiger partial charge in [-0.2, -0.15) is 0 Å². The maximum atomic E-state index is 11.4. The molecule has 0 radical (unpaired) electrons. The first-order valence-electron chi connectivity index (χ1n) is 5.48. The van der Waals surface area contributed by atoms with E-state index < -0.39 is 0 Å². The van der Waals surface area contributed by atoms with Crippen molar-refractivity contribution in [2.75, 3.05) is 0 Å². The van der Waals surface area contributed by atoms with E-state index in [0.717, 1.165) is 29.1 Å². The van der Waals surface area contributed by atoms with Crippen molar-refractivity contribution in [3.05, 3.63) is 58.8 Å². The van der Waals surface area contributed by atoms with Crippen LogP contribution in [0.2, 0.25) is 0 Å². The minimum atomic E-state index is 0.785. The minimum Gasteiger partial charge on any atom is -0.711 e. The summed E-state index contributed by atoms with van der Waals surface area (Å²) in [6, 6.07) is 10.3. The van der Waals surface area contributed by atoms with Gasteiger partial charge < -0.3 is 5.21 Å². The van der Waals surface area contributed by atoms with Crippen LogP contribution in [0.25, 0.3) is 0 Å². The van der Waals surface area contributed by atoms with E-state index in [1.54, 1.807) is 6.33 Å². The number of nitrogens with zero attached hydrogens (tertiary/aromatic N) is 2. The summed E-state index contributed by atoms with van der Waals surface area (Å²) in [6.07, 6.45) is 2.57. The molecule has 0 fully saturated rings. The second-order valence-electron chi connectivity index (χ2n) is 4.04. The molecule has 0 saturated heterocycles. The van der Waals surface area contributed by atoms with Crippen LogP contribution in [0.1, 0.15) is 17.0 Å². The highest BCUT2D eigenvalue weighted by Crippen LogP contribution is 2.06. The molecule has 0 amide bonds. The molecule has 0 atom stereocenters. The van der Waals surface area contributed by atoms with Gasteiger partial charge in [-0.15, -0.1) is 0 Å². The summed E-state index contributed by atoms with van der Waals surface area (Å²) < 4.78 is 2.94. The molecule has 0 spiro atoms. The molecule has 1 heterocycles. The standard InChI is InChI=1S/C13H16N2O/c1-11-12(2)15(16)10-14(11)9-8-13-6-4-3-5-7-13/h3-7,10H,8-9H2,1-2H3. The molecule has 3 heteroatoms. The molecule has 1 aromatic carbocycles. The topological polar surface area (TPSA) is 31.9 Å². The van der Waals surface area contributed by atoms with Gasteiger partial charge in [0.25, 0.3) is 0 Å². The number of hydrogen-bond acceptors (Lipinski definition) is 1. The fourth-order valence-electron chi connectivity index (χ4n) is 1.79. The zero-order chi connectivity index (χ0) is 11.5. The predicted octanol–water partition coefficient (Wildman–Crippen LogP) is 1.98. The van der Waals surface area contributed by atoms with Crippen molar-refractivity contribution in [2.24, 2.45) is 0 Å². The van der Waals surface area contributed by atoms with Crippen LogP contribution in [0.15, 0.2) is 36.7 Å². The Morgan fingerprint density at radius 3 is 2.44 bits per heavy atom. The van der Waals surface area contributed by atoms with Gasteiger partial charge in [-0.25, -0.2) is 9.30 Å². The van der Waals surface area contributed by atoms with Crippen LogP contribution in [0.5, 0.6) is 0 Å². The van der Waals surface area contributed by atoms with Crippen molar-refractivity contribution < 1.29 is 4.73 Å². The normalized spacial score (nSPS) is 10.6. The second-order valence-corrected chi connectivity index (χ2v) is 4.04. The van der Waals surface area contributed by atoms with E-state index in [0.29, 0.717) is 0 Å². The molecule has 0 aliphatic heterocycles. The largest absolute Gasteiger partial charge is 0.711 e. The van der Waals surface area contributed by atoms with Crippen LogP contribution in [0.3, 0.4) is 0 Å². The Bertz CT molecular complexity index is 474. The molecule has 2 aromatic rings. The zero-order valence-electron chi connectivity index (χ0n) is 9.68. The first-order chi connectivity index (χ1) is 7.68. The van der Waals surface area contributed by atoms with E-state index in [-0.39, 0.29) is 0 Å². The summed E-state index contributed by atoms with van der Waals surface area (Å²) in [7, 11) is 0. The third kappa shape index (κ3) is 2.08. The lowest BCUT2D eigenvalue weighted by molar-refractivity contribution is -0.611. The van der Waals surface area contributed by atoms with Crippen molar-refractivity contribution in [2.45, 2.75) is 26.8 Å². The third-order valence-electron chi connectivity index (χ3n) is 3.01. The Kier molecular flexibility index (Phi) is 2.95. The predicted molar refractivity (Wildman–Crippen MR) is 63.0 cm³/mol. The van der Waals surface area contributed by atoms with Crippen LogP contribution in [-0.4, -0.2) is 4.57 Å². The summed E-state index contributed by atoms with van der Waals surface area (Å²) in [5.41, 5.74) is 3.13. The molecule has 0 bridgehead atoms. The Balaban J connectivity index is 2.08. The molecule has 3 nitrogen and oxygen atoms in total. The molecule has 84 valence electrons. The molecular weight excluding hydrogens is 200 g/mol. The fraction of sp³-hybridized carbons (Fsp3) is 0.308. The SMILES string of the molecule is Cc1c(C)[n+]([O-])cn1CCc1ccccc1. The average Bonchev–Trinajstić information content (AvgIpc) is 2.56. The Morgan fingerprint density at radius 1 is 1.19 bits per heavy atom. The van der Waals surface area contributed by atoms with Gasteiger partial charge in [0.15, 0.2) is 0 Å². The van der Waals surface area contributed by atoms with Crippen LogP contribution >= 0.6 is 0 Å². The molecule has 0 N–H and O–H groups in total. The molecule has 1 aromatic heterocycles. The van der Waals surface area contributed by atoms with Gasteiger partial charge >= 0.3 is 0 Å². The summed E-state index contributed by atoms with van der Waals surface area (Å²) in [6.45, 7) is 4.68. The van der Waals surface area contributed by atoms with E-state index in [1.807, 2.05) is 36.6 Å². The van der Waals surface area contributed by atoms with E-state index in [9.17, 15) is 5.21 Å². The van der Waals surface area contributed by atoms with Gasteiger partial charge in [0, 0.05) is 20.3 Å². The lowest BCUT2D eigenvalue weighted by Gasteiger charge is -1.99. The number of aryl methyl sites for hydroxylation is 2. The number of hydrogen-bond donors (Lipinski definition) is 0. The lowest BCUT2D eigenvalue weighted by Crippen LogP contribution is -2.26. The monoisotopic (exact) mass is 216 g/mol. The van der Waals surface area contributed by atoms with E-state index >= 15 is 0 Å². The van der Waals surface area contributed by atoms with Crippen LogP contribution in [0, 0.1) is 19.1 Å². The maximum absolute atomic E-state index is 11.4. The van der Waals surface area contributed by atoms with E-state index in [1.165, 1.54) is 5.56 Å². The van der Waals surface area contributed by atoms with Gasteiger partial charge in [-0.1, -0.05) is 30.3 Å². The first-order valence-corrected chi connectivity index (χ1v) is 5.48. The second kappa shape index (κ2) is 4.39. The minimum absolute atomic E-state index is 0.785. The van der Waals surface area contributed by atoms with Gasteiger partial charge in [0.05, 0.1) is 6.54 Å². The van der Waals surface area contributed by atoms with Crippen molar-refractivity contribution in [3.63, 3.8) is 0 Å². The summed E-state index contributed by atoms with van der Waals surface area (Å²) in [5, 5.41) is 11.4. The highest BCUT2D eigenvalue weighted by molar-refractivity contribution is 5.15. The number of aromatic nitrogens is 2. The van der Waals surface area contributed by atoms with Gasteiger partial charge in [-0.05, 0) is 5.56 Å². The molecular formula is C13H16N2O. The van der Waals surface area contributed by atoms with Crippen LogP contribution < -0.4 is 4.73 Å². The summed E-state index contributed by atoms with van der Waals surface area (Å²) in [5.74, 6) is 0. The summed E-state index contributed by atoms with van der Waals surface area (Å²) >= 11 is 0. The quantitative estimate of drug-likeness (QED) is 0.570. The first kappa shape index (κ1) is 10.7. The van der Waals surface area contributed by atoms with Crippen molar-refractivity contribution in [1.29, 1.82) is 0 Å². The number of rotatable bonds is 3. The molecule has 0 aliphatic carbocycles. The molecule has 2 rings (SSSR count). The highest BCUT2D eigenvalue weighted by atomic mass is 16.5. The fourth-order valence-corrected chi connectivity index (χ4v) is 1.79. The lowest BCUT2D eigenvalue weighted by atomic mass is 10.1. The van der Waals surface area contributed by atoms with Crippen molar-refractivity contribution >= 4 is 0 Å². The smallest absolute Gasteiger partial charge is 0.247 e. The van der Waals surface area contributed by atoms with Crippen LogP contribution in [-0.2, 0) is 13.0 Å². The van der Waals surface area contributed by atoms with Crippen molar-refractivity contribution in [3.8, 4) is 0 Å². The maximum Gasteiger partial charge on any atom is 0.247 e. The van der Waals surface area contributed by atoms with Gasteiger partial charge in [0.1, 0.15) is 11.4 Å². The van der Waals surface area contributed by atoms with Gasteiger partial charge in [-0.3, -0.25) is 0 Å². The summed E-state index contributed by atoms with van der Waals surface area (Å²) in [4.78, 5) is 0. The Morgan fingerprint density at radius 2 is 1.88 bits per heavy atom. The molecule has 0 saturated carbocycles.